The number of nitrogens with zero attached hydrogens (tertiary/aromatic N) is 1. The van der Waals surface area contributed by atoms with E-state index in [4.69, 9.17) is 0 Å². The first kappa shape index (κ1) is 10.7. The maximum atomic E-state index is 9.23. The zero-order chi connectivity index (χ0) is 9.84. The Morgan fingerprint density at radius 3 is 2.85 bits per heavy atom. The van der Waals surface area contributed by atoms with E-state index in [9.17, 15) is 5.11 Å². The van der Waals surface area contributed by atoms with Gasteiger partial charge in [-0.25, -0.2) is 0 Å². The minimum absolute atomic E-state index is 0.183. The Labute approximate surface area is 81.2 Å². The summed E-state index contributed by atoms with van der Waals surface area (Å²) in [5.41, 5.74) is 1.08. The molecule has 1 aliphatic rings. The molecule has 0 bridgehead atoms. The summed E-state index contributed by atoms with van der Waals surface area (Å²) in [5, 5.41) is 9.23. The fourth-order valence-corrected chi connectivity index (χ4v) is 2.09. The molecule has 1 rings (SSSR count). The van der Waals surface area contributed by atoms with Crippen molar-refractivity contribution in [1.29, 1.82) is 0 Å². The van der Waals surface area contributed by atoms with Gasteiger partial charge in [-0.3, -0.25) is 4.90 Å². The smallest absolute Gasteiger partial charge is 0.0625 e. The van der Waals surface area contributed by atoms with Crippen LogP contribution in [0.15, 0.2) is 12.2 Å². The molecule has 0 amide bonds. The fraction of sp³-hybridized carbons (Fsp3) is 0.818. The van der Waals surface area contributed by atoms with Crippen molar-refractivity contribution in [1.82, 2.24) is 4.90 Å². The van der Waals surface area contributed by atoms with Gasteiger partial charge in [0.15, 0.2) is 0 Å². The van der Waals surface area contributed by atoms with Crippen LogP contribution in [0, 0.1) is 5.92 Å². The molecule has 76 valence electrons. The molecular weight excluding hydrogens is 162 g/mol. The lowest BCUT2D eigenvalue weighted by molar-refractivity contribution is 0.103. The van der Waals surface area contributed by atoms with Gasteiger partial charge in [0.25, 0.3) is 0 Å². The molecule has 0 aliphatic carbocycles. The Morgan fingerprint density at radius 2 is 2.38 bits per heavy atom. The highest BCUT2D eigenvalue weighted by atomic mass is 16.3. The van der Waals surface area contributed by atoms with E-state index in [2.05, 4.69) is 18.4 Å². The van der Waals surface area contributed by atoms with Crippen LogP contribution in [-0.2, 0) is 0 Å². The van der Waals surface area contributed by atoms with Gasteiger partial charge >= 0.3 is 0 Å². The van der Waals surface area contributed by atoms with E-state index >= 15 is 0 Å². The van der Waals surface area contributed by atoms with Crippen LogP contribution in [0.1, 0.15) is 26.7 Å². The highest BCUT2D eigenvalue weighted by Gasteiger charge is 2.23. The molecule has 1 aliphatic heterocycles. The molecule has 2 nitrogen and oxygen atoms in total. The SMILES string of the molecule is C=C(C)C(CO)N1CCCC(C)C1. The first-order valence-electron chi connectivity index (χ1n) is 5.15. The maximum Gasteiger partial charge on any atom is 0.0625 e. The third-order valence-corrected chi connectivity index (χ3v) is 2.87. The molecule has 0 aromatic carbocycles. The molecule has 2 heteroatoms. The first-order valence-corrected chi connectivity index (χ1v) is 5.15. The predicted molar refractivity (Wildman–Crippen MR) is 55.7 cm³/mol. The minimum atomic E-state index is 0.183. The quantitative estimate of drug-likeness (QED) is 0.673. The number of hydrogen-bond acceptors (Lipinski definition) is 2. The van der Waals surface area contributed by atoms with Crippen molar-refractivity contribution in [3.63, 3.8) is 0 Å². The van der Waals surface area contributed by atoms with Crippen LogP contribution in [0.2, 0.25) is 0 Å². The fourth-order valence-electron chi connectivity index (χ4n) is 2.09. The molecule has 0 aromatic rings. The first-order chi connectivity index (χ1) is 6.15. The van der Waals surface area contributed by atoms with Crippen molar-refractivity contribution in [2.75, 3.05) is 19.7 Å². The molecule has 1 N–H and O–H groups in total. The third kappa shape index (κ3) is 2.82. The van der Waals surface area contributed by atoms with Crippen molar-refractivity contribution >= 4 is 0 Å². The van der Waals surface area contributed by atoms with Crippen molar-refractivity contribution in [3.8, 4) is 0 Å². The number of aliphatic hydroxyl groups is 1. The molecule has 0 saturated carbocycles. The number of hydrogen-bond donors (Lipinski definition) is 1. The van der Waals surface area contributed by atoms with Gasteiger partial charge in [-0.1, -0.05) is 19.1 Å². The molecule has 0 radical (unpaired) electrons. The number of piperidine rings is 1. The Kier molecular flexibility index (Phi) is 3.94. The monoisotopic (exact) mass is 183 g/mol. The van der Waals surface area contributed by atoms with Gasteiger partial charge in [-0.2, -0.15) is 0 Å². The molecule has 13 heavy (non-hydrogen) atoms. The van der Waals surface area contributed by atoms with Crippen molar-refractivity contribution in [2.24, 2.45) is 5.92 Å². The summed E-state index contributed by atoms with van der Waals surface area (Å²) in [6.45, 7) is 10.6. The van der Waals surface area contributed by atoms with Crippen LogP contribution >= 0.6 is 0 Å². The second kappa shape index (κ2) is 4.77. The van der Waals surface area contributed by atoms with Gasteiger partial charge in [0.05, 0.1) is 12.6 Å². The average Bonchev–Trinajstić information content (AvgIpc) is 2.04. The van der Waals surface area contributed by atoms with Crippen LogP contribution in [0.5, 0.6) is 0 Å². The second-order valence-corrected chi connectivity index (χ2v) is 4.29. The Morgan fingerprint density at radius 1 is 1.69 bits per heavy atom. The summed E-state index contributed by atoms with van der Waals surface area (Å²) in [6.07, 6.45) is 2.58. The molecule has 0 spiro atoms. The average molecular weight is 183 g/mol. The van der Waals surface area contributed by atoms with Gasteiger partial charge in [0, 0.05) is 6.54 Å². The normalized spacial score (nSPS) is 27.2. The molecule has 0 aromatic heterocycles. The topological polar surface area (TPSA) is 23.5 Å². The summed E-state index contributed by atoms with van der Waals surface area (Å²) in [4.78, 5) is 2.36. The largest absolute Gasteiger partial charge is 0.394 e. The van der Waals surface area contributed by atoms with Crippen LogP contribution in [0.3, 0.4) is 0 Å². The lowest BCUT2D eigenvalue weighted by atomic mass is 9.97. The van der Waals surface area contributed by atoms with E-state index in [-0.39, 0.29) is 12.6 Å². The van der Waals surface area contributed by atoms with E-state index in [1.54, 1.807) is 0 Å². The highest BCUT2D eigenvalue weighted by molar-refractivity contribution is 5.03. The van der Waals surface area contributed by atoms with Crippen LogP contribution < -0.4 is 0 Å². The second-order valence-electron chi connectivity index (χ2n) is 4.29. The highest BCUT2D eigenvalue weighted by Crippen LogP contribution is 2.19. The summed E-state index contributed by atoms with van der Waals surface area (Å²) < 4.78 is 0. The van der Waals surface area contributed by atoms with Gasteiger partial charge in [0.1, 0.15) is 0 Å². The molecule has 1 fully saturated rings. The molecular formula is C11H21NO. The third-order valence-electron chi connectivity index (χ3n) is 2.87. The zero-order valence-corrected chi connectivity index (χ0v) is 8.79. The number of likely N-dealkylation sites (tertiary alicyclic amines) is 1. The summed E-state index contributed by atoms with van der Waals surface area (Å²) >= 11 is 0. The van der Waals surface area contributed by atoms with Gasteiger partial charge in [-0.05, 0) is 32.2 Å². The Bertz CT molecular complexity index is 179. The van der Waals surface area contributed by atoms with E-state index < -0.39 is 0 Å². The number of aliphatic hydroxyl groups excluding tert-OH is 1. The van der Waals surface area contributed by atoms with E-state index in [0.29, 0.717) is 0 Å². The summed E-state index contributed by atoms with van der Waals surface area (Å²) in [6, 6.07) is 0.183. The molecule has 1 saturated heterocycles. The summed E-state index contributed by atoms with van der Waals surface area (Å²) in [7, 11) is 0. The van der Waals surface area contributed by atoms with Crippen molar-refractivity contribution < 1.29 is 5.11 Å². The zero-order valence-electron chi connectivity index (χ0n) is 8.79. The van der Waals surface area contributed by atoms with E-state index in [1.807, 2.05) is 6.92 Å². The molecule has 2 atom stereocenters. The minimum Gasteiger partial charge on any atom is -0.394 e. The van der Waals surface area contributed by atoms with Gasteiger partial charge in [0.2, 0.25) is 0 Å². The van der Waals surface area contributed by atoms with E-state index in [0.717, 1.165) is 24.6 Å². The maximum absolute atomic E-state index is 9.23. The van der Waals surface area contributed by atoms with Crippen LogP contribution in [-0.4, -0.2) is 35.7 Å². The number of rotatable bonds is 3. The van der Waals surface area contributed by atoms with Crippen LogP contribution in [0.4, 0.5) is 0 Å². The van der Waals surface area contributed by atoms with Crippen molar-refractivity contribution in [3.05, 3.63) is 12.2 Å². The molecule has 1 heterocycles. The van der Waals surface area contributed by atoms with Crippen molar-refractivity contribution in [2.45, 2.75) is 32.7 Å². The van der Waals surface area contributed by atoms with Gasteiger partial charge < -0.3 is 5.11 Å². The van der Waals surface area contributed by atoms with Gasteiger partial charge in [-0.15, -0.1) is 0 Å². The Balaban J connectivity index is 2.52. The summed E-state index contributed by atoms with van der Waals surface area (Å²) in [5.74, 6) is 0.766. The Hall–Kier alpha value is -0.340. The lowest BCUT2D eigenvalue weighted by Gasteiger charge is -2.36. The molecule has 2 unspecified atom stereocenters. The lowest BCUT2D eigenvalue weighted by Crippen LogP contribution is -2.44. The predicted octanol–water partition coefficient (Wildman–Crippen LogP) is 1.66. The van der Waals surface area contributed by atoms with Crippen LogP contribution in [0.25, 0.3) is 0 Å². The standard InChI is InChI=1S/C11H21NO/c1-9(2)11(8-13)12-6-4-5-10(3)7-12/h10-11,13H,1,4-8H2,2-3H3. The van der Waals surface area contributed by atoms with E-state index in [1.165, 1.54) is 12.8 Å².